The zero-order valence-corrected chi connectivity index (χ0v) is 52.5. The lowest BCUT2D eigenvalue weighted by Gasteiger charge is -2.35. The number of nitrogens with zero attached hydrogens (tertiary/aromatic N) is 6. The molecule has 4 fully saturated rings. The molecule has 2 aliphatic carbocycles. The first-order chi connectivity index (χ1) is 42.4. The fraction of sp³-hybridized carbons (Fsp3) is 0.567. The van der Waals surface area contributed by atoms with Crippen molar-refractivity contribution < 1.29 is 94.3 Å². The molecule has 5 heterocycles. The van der Waals surface area contributed by atoms with E-state index in [1.807, 2.05) is 0 Å². The highest BCUT2D eigenvalue weighted by Gasteiger charge is 2.50. The number of aromatic nitrogens is 4. The Morgan fingerprint density at radius 3 is 2.08 bits per heavy atom. The first-order valence-corrected chi connectivity index (χ1v) is 30.2. The van der Waals surface area contributed by atoms with Crippen LogP contribution in [0, 0.1) is 10.8 Å². The van der Waals surface area contributed by atoms with Crippen LogP contribution in [0.2, 0.25) is 0 Å². The quantitative estimate of drug-likeness (QED) is 0.0274. The molecule has 9 rings (SSSR count). The largest absolute Gasteiger partial charge is 0.480 e. The third kappa shape index (κ3) is 17.0. The van der Waals surface area contributed by atoms with E-state index in [1.54, 1.807) is 84.0 Å². The molecule has 4 N–H and O–H groups in total. The lowest BCUT2D eigenvalue weighted by molar-refractivity contribution is -0.152. The maximum Gasteiger partial charge on any atom is 0.480 e. The molecular formula is C60H74BBrF4N8O16. The van der Waals surface area contributed by atoms with E-state index < -0.39 is 149 Å². The van der Waals surface area contributed by atoms with E-state index in [2.05, 4.69) is 46.5 Å². The molecule has 488 valence electrons. The number of para-hydroxylation sites is 4. The predicted molar refractivity (Wildman–Crippen MR) is 318 cm³/mol. The number of alkyl carbamates (subject to hydrolysis) is 2. The average molecular weight is 1330 g/mol. The fourth-order valence-electron chi connectivity index (χ4n) is 11.3. The number of allylic oxidation sites excluding steroid dienone is 1. The number of carbonyl (C=O) groups excluding carboxylic acids is 6. The summed E-state index contributed by atoms with van der Waals surface area (Å²) in [5.41, 5.74) is -1.98. The number of halogens is 5. The Balaban J connectivity index is 0.000000233. The van der Waals surface area contributed by atoms with E-state index in [4.69, 9.17) is 47.9 Å². The maximum atomic E-state index is 15.7. The summed E-state index contributed by atoms with van der Waals surface area (Å²) in [4.78, 5) is 95.5. The minimum Gasteiger partial charge on any atom is -0.471 e. The van der Waals surface area contributed by atoms with Crippen LogP contribution in [-0.2, 0) is 58.4 Å². The highest BCUT2D eigenvalue weighted by molar-refractivity contribution is 9.09. The van der Waals surface area contributed by atoms with Crippen molar-refractivity contribution in [3.05, 3.63) is 84.1 Å². The number of rotatable bonds is 12. The molecular weight excluding hydrogens is 1260 g/mol. The van der Waals surface area contributed by atoms with E-state index >= 15 is 8.78 Å². The van der Waals surface area contributed by atoms with Crippen LogP contribution in [0.15, 0.2) is 72.7 Å². The molecule has 0 spiro atoms. The standard InChI is InChI=1S/C30H38BBrF2N4O9.C30H36F2N4O7/c1-29(2,3)24(37-28(41)47-22-12-7-11-21(22)45-14-8-13-31(42)43)26(39)38-16-17(15-20(38)27(40)44-4)46-25-23(30(32,33)34)35-18-9-5-6-10-19(18)36-25;1-29(2,3)24-26(37)36-16-17(15-20(36)27(38)40-4)42-25-23(33-18-9-5-6-10-19(18)34-25)30(31,32)13-8-14-41-21-11-7-12-22(21)43-28(39)35-24/h5-6,8-10,13,17,20-22,24,42-43H,7,11-12,14-16H2,1-4H3,(H,37,41);5-6,8-10,13,17,20-22,24H,7,11-12,14-16H2,1-4H3,(H,35,39)/b2*13-8+/t2*17-,20+,21-,22-,24-/m11/s1. The molecule has 10 atom stereocenters. The summed E-state index contributed by atoms with van der Waals surface area (Å²) in [6.45, 7) is 10.1. The number of hydrogen-bond donors (Lipinski definition) is 4. The Kier molecular flexibility index (Phi) is 22.0. The van der Waals surface area contributed by atoms with Gasteiger partial charge in [-0.15, -0.1) is 0 Å². The summed E-state index contributed by atoms with van der Waals surface area (Å²) in [5.74, 6) is -5.96. The zero-order valence-electron chi connectivity index (χ0n) is 50.9. The molecule has 0 radical (unpaired) electrons. The molecule has 2 aromatic heterocycles. The molecule has 2 saturated heterocycles. The van der Waals surface area contributed by atoms with Crippen molar-refractivity contribution in [2.24, 2.45) is 10.8 Å². The van der Waals surface area contributed by atoms with Crippen LogP contribution in [0.5, 0.6) is 11.8 Å². The highest BCUT2D eigenvalue weighted by atomic mass is 79.9. The number of fused-ring (bicyclic) bond motifs is 6. The fourth-order valence-corrected chi connectivity index (χ4v) is 11.5. The molecule has 24 nitrogen and oxygen atoms in total. The van der Waals surface area contributed by atoms with Gasteiger partial charge in [0.25, 0.3) is 0 Å². The smallest absolute Gasteiger partial charge is 0.471 e. The second-order valence-electron chi connectivity index (χ2n) is 24.5. The molecule has 2 aromatic carbocycles. The number of nitrogens with one attached hydrogen (secondary N) is 2. The van der Waals surface area contributed by atoms with Gasteiger partial charge in [-0.1, -0.05) is 83.9 Å². The number of alkyl halides is 5. The molecule has 5 aliphatic rings. The molecule has 4 amide bonds. The van der Waals surface area contributed by atoms with Crippen LogP contribution >= 0.6 is 15.9 Å². The molecule has 4 aromatic rings. The second-order valence-corrected chi connectivity index (χ2v) is 25.5. The Hall–Kier alpha value is -7.28. The van der Waals surface area contributed by atoms with Crippen LogP contribution in [0.25, 0.3) is 22.1 Å². The normalized spacial score (nSPS) is 25.5. The summed E-state index contributed by atoms with van der Waals surface area (Å²) in [6.07, 6.45) is 1.19. The van der Waals surface area contributed by atoms with Crippen molar-refractivity contribution in [3.63, 3.8) is 0 Å². The molecule has 2 bridgehead atoms. The second kappa shape index (κ2) is 28.9. The Labute approximate surface area is 525 Å². The minimum absolute atomic E-state index is 0.0489. The topological polar surface area (TPSA) is 299 Å². The van der Waals surface area contributed by atoms with Crippen LogP contribution in [0.1, 0.15) is 104 Å². The number of likely N-dealkylation sites (tertiary alicyclic amines) is 1. The Bertz CT molecular complexity index is 3320. The number of ether oxygens (including phenoxy) is 8. The van der Waals surface area contributed by atoms with Crippen molar-refractivity contribution in [2.45, 2.75) is 164 Å². The minimum atomic E-state index is -3.60. The van der Waals surface area contributed by atoms with Gasteiger partial charge in [0, 0.05) is 12.8 Å². The van der Waals surface area contributed by atoms with Gasteiger partial charge >= 0.3 is 42.0 Å². The summed E-state index contributed by atoms with van der Waals surface area (Å²) < 4.78 is 105. The molecule has 30 heteroatoms. The monoisotopic (exact) mass is 1330 g/mol. The Morgan fingerprint density at radius 1 is 0.833 bits per heavy atom. The lowest BCUT2D eigenvalue weighted by Crippen LogP contribution is -2.57. The van der Waals surface area contributed by atoms with Gasteiger partial charge in [0.05, 0.1) is 74.8 Å². The number of benzene rings is 2. The van der Waals surface area contributed by atoms with Gasteiger partial charge in [0.15, 0.2) is 11.4 Å². The van der Waals surface area contributed by atoms with Crippen molar-refractivity contribution in [1.82, 2.24) is 40.4 Å². The van der Waals surface area contributed by atoms with Gasteiger partial charge < -0.3 is 68.4 Å². The Morgan fingerprint density at radius 2 is 1.44 bits per heavy atom. The summed E-state index contributed by atoms with van der Waals surface area (Å²) in [5, 5.41) is 23.2. The van der Waals surface area contributed by atoms with E-state index in [1.165, 1.54) is 35.1 Å². The van der Waals surface area contributed by atoms with Gasteiger partial charge in [-0.2, -0.15) is 17.6 Å². The van der Waals surface area contributed by atoms with Crippen LogP contribution in [-0.4, -0.2) is 184 Å². The van der Waals surface area contributed by atoms with Crippen LogP contribution in [0.3, 0.4) is 0 Å². The van der Waals surface area contributed by atoms with Crippen molar-refractivity contribution in [1.29, 1.82) is 0 Å². The van der Waals surface area contributed by atoms with Gasteiger partial charge in [0.2, 0.25) is 23.6 Å². The summed E-state index contributed by atoms with van der Waals surface area (Å²) in [6, 6.07) is 8.50. The number of esters is 2. The zero-order chi connectivity index (χ0) is 65.5. The number of hydrogen-bond acceptors (Lipinski definition) is 20. The third-order valence-corrected chi connectivity index (χ3v) is 16.1. The van der Waals surface area contributed by atoms with Crippen molar-refractivity contribution >= 4 is 81.1 Å². The first-order valence-electron chi connectivity index (χ1n) is 29.4. The van der Waals surface area contributed by atoms with E-state index in [-0.39, 0.29) is 50.2 Å². The number of methoxy groups -OCH3 is 2. The van der Waals surface area contributed by atoms with E-state index in [0.29, 0.717) is 49.2 Å². The summed E-state index contributed by atoms with van der Waals surface area (Å²) in [7, 11) is 0.750. The van der Waals surface area contributed by atoms with Gasteiger partial charge in [0.1, 0.15) is 48.6 Å². The number of carbonyl (C=O) groups is 6. The van der Waals surface area contributed by atoms with E-state index in [0.717, 1.165) is 19.5 Å². The van der Waals surface area contributed by atoms with Crippen molar-refractivity contribution in [3.8, 4) is 11.8 Å². The van der Waals surface area contributed by atoms with Gasteiger partial charge in [-0.3, -0.25) is 9.59 Å². The average Bonchev–Trinajstić information content (AvgIpc) is 2.25. The molecule has 0 unspecified atom stereocenters. The maximum absolute atomic E-state index is 15.7. The van der Waals surface area contributed by atoms with Gasteiger partial charge in [-0.05, 0) is 95.6 Å². The summed E-state index contributed by atoms with van der Waals surface area (Å²) >= 11 is 2.34. The van der Waals surface area contributed by atoms with Gasteiger partial charge in [-0.25, -0.2) is 39.1 Å². The molecule has 2 saturated carbocycles. The van der Waals surface area contributed by atoms with Crippen LogP contribution in [0.4, 0.5) is 27.2 Å². The highest BCUT2D eigenvalue weighted by Crippen LogP contribution is 2.41. The number of amides is 4. The third-order valence-electron chi connectivity index (χ3n) is 15.8. The SMILES string of the molecule is COC(=O)[C@@H]1C[C@@H](Oc2nc3ccccc3nc2C(F)(F)Br)CN1C(=O)[C@@H](NC(=O)O[C@@H]1CCC[C@H]1OC/C=C/B(O)O)C(C)(C)C.COC(=O)[C@@H]1C[C@@H]2CN1C(=O)[C@H](C(C)(C)C)NC(=O)O[C@@H]1CCC[C@H]1OC/C=C/C(F)(F)c1nc3ccccc3nc1O2. The first kappa shape index (κ1) is 68.6. The van der Waals surface area contributed by atoms with Crippen molar-refractivity contribution in [2.75, 3.05) is 40.5 Å². The molecule has 90 heavy (non-hydrogen) atoms. The van der Waals surface area contributed by atoms with E-state index in [9.17, 15) is 37.5 Å². The van der Waals surface area contributed by atoms with Crippen LogP contribution < -0.4 is 20.1 Å². The predicted octanol–water partition coefficient (Wildman–Crippen LogP) is 7.13. The molecule has 3 aliphatic heterocycles. The lowest BCUT2D eigenvalue weighted by atomic mass is 9.85.